The van der Waals surface area contributed by atoms with Gasteiger partial charge in [0.2, 0.25) is 11.8 Å². The number of ketones is 1. The van der Waals surface area contributed by atoms with Crippen LogP contribution in [0.2, 0.25) is 0 Å². The van der Waals surface area contributed by atoms with Crippen molar-refractivity contribution < 1.29 is 14.0 Å². The molecule has 0 aliphatic rings. The molecule has 0 saturated heterocycles. The fourth-order valence-corrected chi connectivity index (χ4v) is 3.38. The van der Waals surface area contributed by atoms with Gasteiger partial charge in [0.25, 0.3) is 5.22 Å². The van der Waals surface area contributed by atoms with Crippen molar-refractivity contribution in [1.82, 2.24) is 10.2 Å². The van der Waals surface area contributed by atoms with E-state index < -0.39 is 0 Å². The zero-order valence-corrected chi connectivity index (χ0v) is 17.7. The molecule has 0 radical (unpaired) electrons. The van der Waals surface area contributed by atoms with Crippen molar-refractivity contribution in [2.75, 3.05) is 11.1 Å². The lowest BCUT2D eigenvalue weighted by atomic mass is 10.1. The highest BCUT2D eigenvalue weighted by molar-refractivity contribution is 7.99. The zero-order valence-electron chi connectivity index (χ0n) is 16.9. The highest BCUT2D eigenvalue weighted by Gasteiger charge is 2.13. The molecule has 1 amide bonds. The molecular weight excluding hydrogens is 386 g/mol. The first-order valence-electron chi connectivity index (χ1n) is 9.31. The molecule has 0 aliphatic carbocycles. The van der Waals surface area contributed by atoms with E-state index in [-0.39, 0.29) is 23.4 Å². The van der Waals surface area contributed by atoms with Crippen LogP contribution in [0.15, 0.2) is 52.1 Å². The van der Waals surface area contributed by atoms with Gasteiger partial charge in [-0.05, 0) is 50.2 Å². The molecule has 0 saturated carbocycles. The molecule has 0 bridgehead atoms. The molecule has 150 valence electrons. The number of hydrogen-bond donors (Lipinski definition) is 1. The number of nitrogens with zero attached hydrogens (tertiary/aromatic N) is 2. The number of carbonyl (C=O) groups excluding carboxylic acids is 2. The van der Waals surface area contributed by atoms with E-state index in [1.165, 1.54) is 11.8 Å². The second-order valence-corrected chi connectivity index (χ2v) is 8.11. The van der Waals surface area contributed by atoms with Crippen LogP contribution in [0.25, 0.3) is 11.5 Å². The number of thioether (sulfide) groups is 1. The van der Waals surface area contributed by atoms with Gasteiger partial charge in [-0.15, -0.1) is 10.2 Å². The standard InChI is InChI=1S/C22H23N3O3S/c1-13(2)20(27)23-18-7-5-16(6-8-18)19(26)12-29-22-25-24-21(28-22)17-10-14(3)9-15(4)11-17/h5-11,13H,12H2,1-4H3,(H,23,27). The summed E-state index contributed by atoms with van der Waals surface area (Å²) in [5, 5.41) is 11.3. The van der Waals surface area contributed by atoms with Crippen LogP contribution in [0, 0.1) is 19.8 Å². The Hall–Kier alpha value is -2.93. The molecule has 0 unspecified atom stereocenters. The van der Waals surface area contributed by atoms with E-state index >= 15 is 0 Å². The Bertz CT molecular complexity index is 1010. The van der Waals surface area contributed by atoms with Gasteiger partial charge in [0.1, 0.15) is 0 Å². The fraction of sp³-hybridized carbons (Fsp3) is 0.273. The molecule has 1 aromatic heterocycles. The third-order valence-corrected chi connectivity index (χ3v) is 5.02. The van der Waals surface area contributed by atoms with Gasteiger partial charge in [-0.1, -0.05) is 42.8 Å². The van der Waals surface area contributed by atoms with E-state index in [1.54, 1.807) is 24.3 Å². The first-order valence-corrected chi connectivity index (χ1v) is 10.3. The van der Waals surface area contributed by atoms with E-state index in [1.807, 2.05) is 39.8 Å². The van der Waals surface area contributed by atoms with Crippen LogP contribution >= 0.6 is 11.8 Å². The molecule has 6 nitrogen and oxygen atoms in total. The zero-order chi connectivity index (χ0) is 21.0. The van der Waals surface area contributed by atoms with Gasteiger partial charge in [0.15, 0.2) is 5.78 Å². The van der Waals surface area contributed by atoms with Crippen LogP contribution in [-0.4, -0.2) is 27.6 Å². The SMILES string of the molecule is Cc1cc(C)cc(-c2nnc(SCC(=O)c3ccc(NC(=O)C(C)C)cc3)o2)c1. The number of carbonyl (C=O) groups is 2. The Labute approximate surface area is 174 Å². The Morgan fingerprint density at radius 2 is 1.69 bits per heavy atom. The lowest BCUT2D eigenvalue weighted by molar-refractivity contribution is -0.118. The first kappa shape index (κ1) is 20.8. The smallest absolute Gasteiger partial charge is 0.277 e. The molecule has 3 aromatic rings. The number of anilines is 1. The van der Waals surface area contributed by atoms with E-state index in [0.29, 0.717) is 22.4 Å². The van der Waals surface area contributed by atoms with Crippen LogP contribution < -0.4 is 5.32 Å². The number of Topliss-reactive ketones (excluding diaryl/α,β-unsaturated/α-hetero) is 1. The summed E-state index contributed by atoms with van der Waals surface area (Å²) in [6.07, 6.45) is 0. The summed E-state index contributed by atoms with van der Waals surface area (Å²) in [6.45, 7) is 7.68. The van der Waals surface area contributed by atoms with Crippen LogP contribution in [0.3, 0.4) is 0 Å². The van der Waals surface area contributed by atoms with Crippen LogP contribution in [0.1, 0.15) is 35.3 Å². The molecular formula is C22H23N3O3S. The second-order valence-electron chi connectivity index (χ2n) is 7.18. The number of nitrogens with one attached hydrogen (secondary N) is 1. The minimum Gasteiger partial charge on any atom is -0.411 e. The van der Waals surface area contributed by atoms with Gasteiger partial charge in [-0.2, -0.15) is 0 Å². The number of aromatic nitrogens is 2. The van der Waals surface area contributed by atoms with Gasteiger partial charge >= 0.3 is 0 Å². The highest BCUT2D eigenvalue weighted by Crippen LogP contribution is 2.25. The lowest BCUT2D eigenvalue weighted by Gasteiger charge is -2.08. The quantitative estimate of drug-likeness (QED) is 0.440. The molecule has 2 aromatic carbocycles. The maximum Gasteiger partial charge on any atom is 0.277 e. The van der Waals surface area contributed by atoms with Crippen molar-refractivity contribution >= 4 is 29.1 Å². The van der Waals surface area contributed by atoms with Crippen molar-refractivity contribution in [2.45, 2.75) is 32.9 Å². The fourth-order valence-electron chi connectivity index (χ4n) is 2.72. The summed E-state index contributed by atoms with van der Waals surface area (Å²) in [4.78, 5) is 24.2. The van der Waals surface area contributed by atoms with Gasteiger partial charge in [0.05, 0.1) is 5.75 Å². The average molecular weight is 410 g/mol. The van der Waals surface area contributed by atoms with Crippen molar-refractivity contribution in [3.05, 3.63) is 59.2 Å². The van der Waals surface area contributed by atoms with Gasteiger partial charge in [-0.25, -0.2) is 0 Å². The molecule has 0 atom stereocenters. The van der Waals surface area contributed by atoms with Crippen molar-refractivity contribution in [2.24, 2.45) is 5.92 Å². The molecule has 1 N–H and O–H groups in total. The summed E-state index contributed by atoms with van der Waals surface area (Å²) in [5.41, 5.74) is 4.34. The second kappa shape index (κ2) is 9.05. The van der Waals surface area contributed by atoms with E-state index in [4.69, 9.17) is 4.42 Å². The van der Waals surface area contributed by atoms with Crippen LogP contribution in [0.4, 0.5) is 5.69 Å². The summed E-state index contributed by atoms with van der Waals surface area (Å²) in [6, 6.07) is 12.9. The Balaban J connectivity index is 1.59. The van der Waals surface area contributed by atoms with Crippen molar-refractivity contribution in [1.29, 1.82) is 0 Å². The molecule has 0 aliphatic heterocycles. The average Bonchev–Trinajstić information content (AvgIpc) is 3.15. The number of aryl methyl sites for hydroxylation is 2. The Morgan fingerprint density at radius 1 is 1.03 bits per heavy atom. The predicted octanol–water partition coefficient (Wildman–Crippen LogP) is 4.92. The van der Waals surface area contributed by atoms with Crippen molar-refractivity contribution in [3.8, 4) is 11.5 Å². The monoisotopic (exact) mass is 409 g/mol. The number of hydrogen-bond acceptors (Lipinski definition) is 6. The van der Waals surface area contributed by atoms with E-state index in [9.17, 15) is 9.59 Å². The number of benzene rings is 2. The minimum atomic E-state index is -0.101. The molecule has 0 spiro atoms. The van der Waals surface area contributed by atoms with Crippen LogP contribution in [-0.2, 0) is 4.79 Å². The first-order chi connectivity index (χ1) is 13.8. The Kier molecular flexibility index (Phi) is 6.49. The number of rotatable bonds is 7. The molecule has 1 heterocycles. The third-order valence-electron chi connectivity index (χ3n) is 4.20. The lowest BCUT2D eigenvalue weighted by Crippen LogP contribution is -2.17. The maximum absolute atomic E-state index is 12.4. The Morgan fingerprint density at radius 3 is 2.31 bits per heavy atom. The normalized spacial score (nSPS) is 10.9. The molecule has 7 heteroatoms. The maximum atomic E-state index is 12.4. The van der Waals surface area contributed by atoms with Crippen LogP contribution in [0.5, 0.6) is 0 Å². The number of amides is 1. The van der Waals surface area contributed by atoms with Gasteiger partial charge in [0, 0.05) is 22.7 Å². The summed E-state index contributed by atoms with van der Waals surface area (Å²) < 4.78 is 5.69. The van der Waals surface area contributed by atoms with E-state index in [0.717, 1.165) is 16.7 Å². The highest BCUT2D eigenvalue weighted by atomic mass is 32.2. The topological polar surface area (TPSA) is 85.1 Å². The summed E-state index contributed by atoms with van der Waals surface area (Å²) in [5.74, 6) is 0.415. The van der Waals surface area contributed by atoms with Gasteiger partial charge in [-0.3, -0.25) is 9.59 Å². The molecule has 3 rings (SSSR count). The largest absolute Gasteiger partial charge is 0.411 e. The minimum absolute atomic E-state index is 0.0529. The predicted molar refractivity (Wildman–Crippen MR) is 114 cm³/mol. The summed E-state index contributed by atoms with van der Waals surface area (Å²) in [7, 11) is 0. The third kappa shape index (κ3) is 5.54. The summed E-state index contributed by atoms with van der Waals surface area (Å²) >= 11 is 1.21. The molecule has 0 fully saturated rings. The van der Waals surface area contributed by atoms with Crippen molar-refractivity contribution in [3.63, 3.8) is 0 Å². The van der Waals surface area contributed by atoms with Gasteiger partial charge < -0.3 is 9.73 Å². The molecule has 29 heavy (non-hydrogen) atoms. The van der Waals surface area contributed by atoms with E-state index in [2.05, 4.69) is 21.6 Å².